The second-order valence-corrected chi connectivity index (χ2v) is 5.76. The van der Waals surface area contributed by atoms with Gasteiger partial charge in [0.2, 0.25) is 5.91 Å². The Balaban J connectivity index is 1.74. The van der Waals surface area contributed by atoms with Crippen LogP contribution in [0.4, 0.5) is 0 Å². The fourth-order valence-electron chi connectivity index (χ4n) is 2.96. The van der Waals surface area contributed by atoms with Gasteiger partial charge in [0.25, 0.3) is 0 Å². The Kier molecular flexibility index (Phi) is 4.24. The number of nitrogens with one attached hydrogen (secondary N) is 2. The van der Waals surface area contributed by atoms with Crippen LogP contribution >= 0.6 is 0 Å². The van der Waals surface area contributed by atoms with E-state index in [1.54, 1.807) is 0 Å². The van der Waals surface area contributed by atoms with Crippen molar-refractivity contribution in [1.29, 1.82) is 0 Å². The molecule has 2 N–H and O–H groups in total. The van der Waals surface area contributed by atoms with Gasteiger partial charge < -0.3 is 10.6 Å². The number of rotatable bonds is 4. The molecule has 5 nitrogen and oxygen atoms in total. The minimum atomic E-state index is -0.0372. The molecule has 1 aromatic carbocycles. The van der Waals surface area contributed by atoms with E-state index in [-0.39, 0.29) is 11.9 Å². The molecule has 0 bridgehead atoms. The van der Waals surface area contributed by atoms with E-state index in [4.69, 9.17) is 0 Å². The van der Waals surface area contributed by atoms with Gasteiger partial charge in [-0.25, -0.2) is 4.68 Å². The van der Waals surface area contributed by atoms with E-state index >= 15 is 0 Å². The quantitative estimate of drug-likeness (QED) is 0.906. The Morgan fingerprint density at radius 3 is 2.82 bits per heavy atom. The van der Waals surface area contributed by atoms with E-state index in [1.165, 1.54) is 0 Å². The van der Waals surface area contributed by atoms with Crippen LogP contribution in [0.2, 0.25) is 0 Å². The molecule has 116 valence electrons. The van der Waals surface area contributed by atoms with E-state index in [1.807, 2.05) is 48.9 Å². The third-order valence-electron chi connectivity index (χ3n) is 4.26. The standard InChI is InChI=1S/C17H22N4O/c1-12-15(11-19-17(22)16-9-6-10-18-16)13(2)21(20-12)14-7-4-3-5-8-14/h3-5,7-8,16,18H,6,9-11H2,1-2H3,(H,19,22). The normalized spacial score (nSPS) is 17.6. The van der Waals surface area contributed by atoms with E-state index in [2.05, 4.69) is 15.7 Å². The first-order chi connectivity index (χ1) is 10.7. The van der Waals surface area contributed by atoms with Gasteiger partial charge in [0.05, 0.1) is 17.4 Å². The third-order valence-corrected chi connectivity index (χ3v) is 4.26. The van der Waals surface area contributed by atoms with Gasteiger partial charge in [-0.1, -0.05) is 18.2 Å². The van der Waals surface area contributed by atoms with Crippen LogP contribution in [0.1, 0.15) is 29.8 Å². The summed E-state index contributed by atoms with van der Waals surface area (Å²) >= 11 is 0. The number of hydrogen-bond donors (Lipinski definition) is 2. The number of hydrogen-bond acceptors (Lipinski definition) is 3. The predicted molar refractivity (Wildman–Crippen MR) is 85.9 cm³/mol. The minimum Gasteiger partial charge on any atom is -0.351 e. The van der Waals surface area contributed by atoms with Crippen LogP contribution in [0.3, 0.4) is 0 Å². The van der Waals surface area contributed by atoms with Crippen LogP contribution in [0.5, 0.6) is 0 Å². The Hall–Kier alpha value is -2.14. The molecule has 0 spiro atoms. The zero-order valence-electron chi connectivity index (χ0n) is 13.1. The highest BCUT2D eigenvalue weighted by Gasteiger charge is 2.22. The van der Waals surface area contributed by atoms with Crippen molar-refractivity contribution < 1.29 is 4.79 Å². The van der Waals surface area contributed by atoms with Crippen molar-refractivity contribution >= 4 is 5.91 Å². The SMILES string of the molecule is Cc1nn(-c2ccccc2)c(C)c1CNC(=O)C1CCCN1. The summed E-state index contributed by atoms with van der Waals surface area (Å²) in [5.41, 5.74) is 4.16. The molecule has 0 saturated carbocycles. The van der Waals surface area contributed by atoms with Gasteiger partial charge in [-0.3, -0.25) is 4.79 Å². The summed E-state index contributed by atoms with van der Waals surface area (Å²) in [5, 5.41) is 10.9. The van der Waals surface area contributed by atoms with Gasteiger partial charge in [0.15, 0.2) is 0 Å². The maximum atomic E-state index is 12.1. The number of para-hydroxylation sites is 1. The van der Waals surface area contributed by atoms with Crippen molar-refractivity contribution in [3.8, 4) is 5.69 Å². The van der Waals surface area contributed by atoms with Crippen molar-refractivity contribution in [1.82, 2.24) is 20.4 Å². The molecule has 1 saturated heterocycles. The highest BCUT2D eigenvalue weighted by atomic mass is 16.2. The van der Waals surface area contributed by atoms with Crippen LogP contribution < -0.4 is 10.6 Å². The van der Waals surface area contributed by atoms with E-state index < -0.39 is 0 Å². The smallest absolute Gasteiger partial charge is 0.237 e. The number of nitrogens with zero attached hydrogens (tertiary/aromatic N) is 2. The molecule has 2 aromatic rings. The van der Waals surface area contributed by atoms with Gasteiger partial charge in [-0.15, -0.1) is 0 Å². The van der Waals surface area contributed by atoms with E-state index in [9.17, 15) is 4.79 Å². The van der Waals surface area contributed by atoms with Gasteiger partial charge in [-0.2, -0.15) is 5.10 Å². The average molecular weight is 298 g/mol. The van der Waals surface area contributed by atoms with Crippen LogP contribution in [0.15, 0.2) is 30.3 Å². The van der Waals surface area contributed by atoms with Crippen LogP contribution in [0, 0.1) is 13.8 Å². The van der Waals surface area contributed by atoms with Crippen LogP contribution in [-0.2, 0) is 11.3 Å². The summed E-state index contributed by atoms with van der Waals surface area (Å²) in [7, 11) is 0. The number of aryl methyl sites for hydroxylation is 1. The summed E-state index contributed by atoms with van der Waals surface area (Å²) in [6.45, 7) is 5.49. The van der Waals surface area contributed by atoms with Crippen molar-refractivity contribution in [2.24, 2.45) is 0 Å². The highest BCUT2D eigenvalue weighted by Crippen LogP contribution is 2.17. The van der Waals surface area contributed by atoms with Crippen molar-refractivity contribution in [2.45, 2.75) is 39.3 Å². The first kappa shape index (κ1) is 14.8. The first-order valence-electron chi connectivity index (χ1n) is 7.78. The predicted octanol–water partition coefficient (Wildman–Crippen LogP) is 1.86. The molecule has 1 aliphatic rings. The Morgan fingerprint density at radius 1 is 1.36 bits per heavy atom. The molecule has 5 heteroatoms. The molecule has 1 aliphatic heterocycles. The maximum Gasteiger partial charge on any atom is 0.237 e. The van der Waals surface area contributed by atoms with Gasteiger partial charge in [-0.05, 0) is 45.4 Å². The highest BCUT2D eigenvalue weighted by molar-refractivity contribution is 5.82. The molecule has 0 radical (unpaired) electrons. The molecule has 1 fully saturated rings. The topological polar surface area (TPSA) is 59.0 Å². The second-order valence-electron chi connectivity index (χ2n) is 5.76. The Bertz CT molecular complexity index is 657. The average Bonchev–Trinajstić information content (AvgIpc) is 3.15. The number of carbonyl (C=O) groups excluding carboxylic acids is 1. The molecule has 2 heterocycles. The Morgan fingerprint density at radius 2 is 2.14 bits per heavy atom. The lowest BCUT2D eigenvalue weighted by Crippen LogP contribution is -2.40. The molecular formula is C17H22N4O. The number of carbonyl (C=O) groups is 1. The van der Waals surface area contributed by atoms with Gasteiger partial charge in [0.1, 0.15) is 0 Å². The van der Waals surface area contributed by atoms with E-state index in [0.717, 1.165) is 42.0 Å². The van der Waals surface area contributed by atoms with Gasteiger partial charge in [0, 0.05) is 17.8 Å². The first-order valence-corrected chi connectivity index (χ1v) is 7.78. The molecule has 22 heavy (non-hydrogen) atoms. The molecule has 0 aliphatic carbocycles. The summed E-state index contributed by atoms with van der Waals surface area (Å²) < 4.78 is 1.94. The largest absolute Gasteiger partial charge is 0.351 e. The zero-order valence-corrected chi connectivity index (χ0v) is 13.1. The number of aromatic nitrogens is 2. The third kappa shape index (κ3) is 2.90. The summed E-state index contributed by atoms with van der Waals surface area (Å²) in [6.07, 6.45) is 2.00. The van der Waals surface area contributed by atoms with Crippen molar-refractivity contribution in [3.05, 3.63) is 47.3 Å². The van der Waals surface area contributed by atoms with Crippen molar-refractivity contribution in [3.63, 3.8) is 0 Å². The summed E-state index contributed by atoms with van der Waals surface area (Å²) in [6, 6.07) is 10.0. The van der Waals surface area contributed by atoms with E-state index in [0.29, 0.717) is 6.54 Å². The molecular weight excluding hydrogens is 276 g/mol. The zero-order chi connectivity index (χ0) is 15.5. The van der Waals surface area contributed by atoms with Gasteiger partial charge >= 0.3 is 0 Å². The van der Waals surface area contributed by atoms with Crippen molar-refractivity contribution in [2.75, 3.05) is 6.54 Å². The van der Waals surface area contributed by atoms with Crippen LogP contribution in [0.25, 0.3) is 5.69 Å². The summed E-state index contributed by atoms with van der Waals surface area (Å²) in [4.78, 5) is 12.1. The fraction of sp³-hybridized carbons (Fsp3) is 0.412. The molecule has 3 rings (SSSR count). The molecule has 1 atom stereocenters. The van der Waals surface area contributed by atoms with Crippen LogP contribution in [-0.4, -0.2) is 28.3 Å². The lowest BCUT2D eigenvalue weighted by atomic mass is 10.1. The monoisotopic (exact) mass is 298 g/mol. The Labute approximate surface area is 130 Å². The molecule has 1 aromatic heterocycles. The number of benzene rings is 1. The lowest BCUT2D eigenvalue weighted by molar-refractivity contribution is -0.122. The molecule has 1 amide bonds. The number of amides is 1. The second kappa shape index (κ2) is 6.32. The summed E-state index contributed by atoms with van der Waals surface area (Å²) in [5.74, 6) is 0.0868. The maximum absolute atomic E-state index is 12.1. The minimum absolute atomic E-state index is 0.0372. The fourth-order valence-corrected chi connectivity index (χ4v) is 2.96. The molecule has 1 unspecified atom stereocenters. The lowest BCUT2D eigenvalue weighted by Gasteiger charge is -2.11.